The third kappa shape index (κ3) is 3.32. The minimum Gasteiger partial charge on any atom is -0.340 e. The fourth-order valence-corrected chi connectivity index (χ4v) is 2.37. The summed E-state index contributed by atoms with van der Waals surface area (Å²) in [5.74, 6) is 0.773. The van der Waals surface area contributed by atoms with E-state index in [1.807, 2.05) is 14.1 Å². The first-order chi connectivity index (χ1) is 8.66. The number of aromatic nitrogens is 2. The summed E-state index contributed by atoms with van der Waals surface area (Å²) in [6.45, 7) is 3.05. The second kappa shape index (κ2) is 6.00. The van der Waals surface area contributed by atoms with Crippen LogP contribution in [-0.4, -0.2) is 47.3 Å². The van der Waals surface area contributed by atoms with Crippen molar-refractivity contribution in [1.82, 2.24) is 20.0 Å². The van der Waals surface area contributed by atoms with Gasteiger partial charge in [0.15, 0.2) is 0 Å². The van der Waals surface area contributed by atoms with Gasteiger partial charge in [0.2, 0.25) is 0 Å². The Kier molecular flexibility index (Phi) is 4.36. The average Bonchev–Trinajstić information content (AvgIpc) is 2.83. The lowest BCUT2D eigenvalue weighted by Crippen LogP contribution is -2.32. The predicted molar refractivity (Wildman–Crippen MR) is 70.4 cm³/mol. The highest BCUT2D eigenvalue weighted by Gasteiger charge is 2.17. The average molecular weight is 250 g/mol. The fourth-order valence-electron chi connectivity index (χ4n) is 2.37. The summed E-state index contributed by atoms with van der Waals surface area (Å²) >= 11 is 0. The van der Waals surface area contributed by atoms with Crippen LogP contribution in [-0.2, 0) is 7.05 Å². The number of amides is 1. The lowest BCUT2D eigenvalue weighted by molar-refractivity contribution is 0.0778. The van der Waals surface area contributed by atoms with E-state index in [-0.39, 0.29) is 5.91 Å². The standard InChI is InChI=1S/C13H22N4O/c1-16(9-5-11-3-7-14-8-4-11)13(18)12-6-10-17(2)15-12/h6,10-11,14H,3-5,7-9H2,1-2H3. The summed E-state index contributed by atoms with van der Waals surface area (Å²) in [4.78, 5) is 13.9. The molecular formula is C13H22N4O. The van der Waals surface area contributed by atoms with Gasteiger partial charge in [-0.05, 0) is 44.3 Å². The summed E-state index contributed by atoms with van der Waals surface area (Å²) in [5, 5.41) is 7.50. The van der Waals surface area contributed by atoms with Crippen molar-refractivity contribution in [3.63, 3.8) is 0 Å². The molecular weight excluding hydrogens is 228 g/mol. The molecule has 1 aromatic rings. The van der Waals surface area contributed by atoms with Gasteiger partial charge in [0, 0.05) is 26.8 Å². The number of carbonyl (C=O) groups excluding carboxylic acids is 1. The molecule has 18 heavy (non-hydrogen) atoms. The van der Waals surface area contributed by atoms with E-state index in [1.165, 1.54) is 12.8 Å². The summed E-state index contributed by atoms with van der Waals surface area (Å²) < 4.78 is 1.66. The number of nitrogens with one attached hydrogen (secondary N) is 1. The van der Waals surface area contributed by atoms with Crippen molar-refractivity contribution < 1.29 is 4.79 Å². The molecule has 0 aliphatic carbocycles. The Hall–Kier alpha value is -1.36. The van der Waals surface area contributed by atoms with Crippen molar-refractivity contribution in [1.29, 1.82) is 0 Å². The second-order valence-corrected chi connectivity index (χ2v) is 5.08. The van der Waals surface area contributed by atoms with Crippen molar-refractivity contribution in [2.45, 2.75) is 19.3 Å². The molecule has 0 bridgehead atoms. The molecule has 0 radical (unpaired) electrons. The predicted octanol–water partition coefficient (Wildman–Crippen LogP) is 0.882. The zero-order chi connectivity index (χ0) is 13.0. The van der Waals surface area contributed by atoms with Crippen LogP contribution in [0.15, 0.2) is 12.3 Å². The Labute approximate surface area is 108 Å². The number of carbonyl (C=O) groups is 1. The monoisotopic (exact) mass is 250 g/mol. The van der Waals surface area contributed by atoms with Crippen LogP contribution in [0.4, 0.5) is 0 Å². The Morgan fingerprint density at radius 2 is 2.28 bits per heavy atom. The highest BCUT2D eigenvalue weighted by Crippen LogP contribution is 2.16. The Morgan fingerprint density at radius 1 is 1.56 bits per heavy atom. The zero-order valence-electron chi connectivity index (χ0n) is 11.2. The van der Waals surface area contributed by atoms with E-state index in [2.05, 4.69) is 10.4 Å². The van der Waals surface area contributed by atoms with Crippen LogP contribution < -0.4 is 5.32 Å². The van der Waals surface area contributed by atoms with Gasteiger partial charge in [0.25, 0.3) is 5.91 Å². The molecule has 1 aromatic heterocycles. The second-order valence-electron chi connectivity index (χ2n) is 5.08. The molecule has 1 aliphatic heterocycles. The molecule has 1 N–H and O–H groups in total. The summed E-state index contributed by atoms with van der Waals surface area (Å²) in [7, 11) is 3.68. The number of rotatable bonds is 4. The first kappa shape index (κ1) is 13.1. The molecule has 2 rings (SSSR count). The van der Waals surface area contributed by atoms with Crippen LogP contribution >= 0.6 is 0 Å². The Balaban J connectivity index is 1.80. The van der Waals surface area contributed by atoms with Crippen molar-refractivity contribution in [2.24, 2.45) is 13.0 Å². The van der Waals surface area contributed by atoms with Crippen LogP contribution in [0.3, 0.4) is 0 Å². The van der Waals surface area contributed by atoms with Crippen LogP contribution in [0.5, 0.6) is 0 Å². The maximum atomic E-state index is 12.1. The molecule has 1 fully saturated rings. The summed E-state index contributed by atoms with van der Waals surface area (Å²) in [6, 6.07) is 1.77. The highest BCUT2D eigenvalue weighted by atomic mass is 16.2. The van der Waals surface area contributed by atoms with Crippen LogP contribution in [0, 0.1) is 5.92 Å². The number of hydrogen-bond donors (Lipinski definition) is 1. The van der Waals surface area contributed by atoms with Crippen molar-refractivity contribution >= 4 is 5.91 Å². The Bertz CT molecular complexity index is 395. The smallest absolute Gasteiger partial charge is 0.274 e. The molecule has 1 aliphatic rings. The van der Waals surface area contributed by atoms with Gasteiger partial charge in [-0.15, -0.1) is 0 Å². The van der Waals surface area contributed by atoms with E-state index in [0.717, 1.165) is 32.0 Å². The third-order valence-corrected chi connectivity index (χ3v) is 3.61. The SMILES string of the molecule is CN(CCC1CCNCC1)C(=O)c1ccn(C)n1. The molecule has 0 unspecified atom stereocenters. The topological polar surface area (TPSA) is 50.2 Å². The van der Waals surface area contributed by atoms with Crippen molar-refractivity contribution in [3.05, 3.63) is 18.0 Å². The molecule has 0 saturated carbocycles. The van der Waals surface area contributed by atoms with Crippen LogP contribution in [0.1, 0.15) is 29.8 Å². The molecule has 0 atom stereocenters. The van der Waals surface area contributed by atoms with Gasteiger partial charge in [-0.1, -0.05) is 0 Å². The molecule has 1 amide bonds. The molecule has 0 spiro atoms. The number of aryl methyl sites for hydroxylation is 1. The molecule has 5 heteroatoms. The van der Waals surface area contributed by atoms with Crippen molar-refractivity contribution in [2.75, 3.05) is 26.7 Å². The first-order valence-corrected chi connectivity index (χ1v) is 6.62. The molecule has 2 heterocycles. The van der Waals surface area contributed by atoms with Gasteiger partial charge in [0.05, 0.1) is 0 Å². The van der Waals surface area contributed by atoms with Gasteiger partial charge >= 0.3 is 0 Å². The quantitative estimate of drug-likeness (QED) is 0.863. The third-order valence-electron chi connectivity index (χ3n) is 3.61. The zero-order valence-corrected chi connectivity index (χ0v) is 11.2. The van der Waals surface area contributed by atoms with Gasteiger partial charge in [-0.2, -0.15) is 5.10 Å². The number of hydrogen-bond acceptors (Lipinski definition) is 3. The molecule has 100 valence electrons. The van der Waals surface area contributed by atoms with E-state index in [0.29, 0.717) is 5.69 Å². The molecule has 0 aromatic carbocycles. The number of nitrogens with zero attached hydrogens (tertiary/aromatic N) is 3. The lowest BCUT2D eigenvalue weighted by atomic mass is 9.94. The lowest BCUT2D eigenvalue weighted by Gasteiger charge is -2.25. The van der Waals surface area contributed by atoms with Crippen LogP contribution in [0.2, 0.25) is 0 Å². The fraction of sp³-hybridized carbons (Fsp3) is 0.692. The maximum Gasteiger partial charge on any atom is 0.274 e. The summed E-state index contributed by atoms with van der Waals surface area (Å²) in [5.41, 5.74) is 0.533. The van der Waals surface area contributed by atoms with E-state index in [9.17, 15) is 4.79 Å². The van der Waals surface area contributed by atoms with Gasteiger partial charge < -0.3 is 10.2 Å². The normalized spacial score (nSPS) is 16.8. The largest absolute Gasteiger partial charge is 0.340 e. The van der Waals surface area contributed by atoms with Crippen molar-refractivity contribution in [3.8, 4) is 0 Å². The van der Waals surface area contributed by atoms with Gasteiger partial charge in [-0.3, -0.25) is 9.48 Å². The van der Waals surface area contributed by atoms with Gasteiger partial charge in [-0.25, -0.2) is 0 Å². The summed E-state index contributed by atoms with van der Waals surface area (Å²) in [6.07, 6.45) is 5.35. The van der Waals surface area contributed by atoms with Crippen LogP contribution in [0.25, 0.3) is 0 Å². The van der Waals surface area contributed by atoms with E-state index < -0.39 is 0 Å². The molecule has 5 nitrogen and oxygen atoms in total. The highest BCUT2D eigenvalue weighted by molar-refractivity contribution is 5.91. The van der Waals surface area contributed by atoms with E-state index in [1.54, 1.807) is 21.8 Å². The molecule has 1 saturated heterocycles. The van der Waals surface area contributed by atoms with Gasteiger partial charge in [0.1, 0.15) is 5.69 Å². The maximum absolute atomic E-state index is 12.1. The van der Waals surface area contributed by atoms with E-state index in [4.69, 9.17) is 0 Å². The number of piperidine rings is 1. The van der Waals surface area contributed by atoms with E-state index >= 15 is 0 Å². The minimum absolute atomic E-state index is 0.0181. The minimum atomic E-state index is 0.0181. The Morgan fingerprint density at radius 3 is 2.89 bits per heavy atom. The first-order valence-electron chi connectivity index (χ1n) is 6.62.